The first kappa shape index (κ1) is 17.6. The van der Waals surface area contributed by atoms with Gasteiger partial charge in [-0.05, 0) is 24.3 Å². The van der Waals surface area contributed by atoms with Crippen LogP contribution in [0.2, 0.25) is 0 Å². The van der Waals surface area contributed by atoms with Gasteiger partial charge in [-0.2, -0.15) is 26.3 Å². The molecule has 0 saturated heterocycles. The summed E-state index contributed by atoms with van der Waals surface area (Å²) in [6.07, 6.45) is -10.2. The highest BCUT2D eigenvalue weighted by atomic mass is 19.4. The summed E-state index contributed by atoms with van der Waals surface area (Å²) in [6, 6.07) is 2.09. The summed E-state index contributed by atoms with van der Waals surface area (Å²) in [6.45, 7) is 0. The van der Waals surface area contributed by atoms with E-state index < -0.39 is 57.5 Å². The monoisotopic (exact) mass is 352 g/mol. The molecule has 2 aromatic rings. The van der Waals surface area contributed by atoms with Crippen molar-refractivity contribution in [2.45, 2.75) is 12.4 Å². The van der Waals surface area contributed by atoms with Gasteiger partial charge in [0.05, 0.1) is 22.5 Å². The van der Waals surface area contributed by atoms with Gasteiger partial charge in [0.1, 0.15) is 11.5 Å². The second-order valence-electron chi connectivity index (χ2n) is 4.84. The van der Waals surface area contributed by atoms with Crippen LogP contribution in [-0.2, 0) is 12.4 Å². The van der Waals surface area contributed by atoms with Gasteiger partial charge in [-0.15, -0.1) is 0 Å². The predicted octanol–water partition coefficient (Wildman–Crippen LogP) is 3.97. The van der Waals surface area contributed by atoms with Crippen LogP contribution in [0.15, 0.2) is 24.3 Å². The van der Waals surface area contributed by atoms with E-state index in [1.54, 1.807) is 0 Å². The van der Waals surface area contributed by atoms with Crippen molar-refractivity contribution in [1.29, 1.82) is 0 Å². The summed E-state index contributed by atoms with van der Waals surface area (Å²) in [5.74, 6) is -2.08. The lowest BCUT2D eigenvalue weighted by molar-refractivity contribution is -0.139. The first-order chi connectivity index (χ1) is 10.9. The van der Waals surface area contributed by atoms with Crippen molar-refractivity contribution in [3.05, 3.63) is 35.4 Å². The number of hydrogen-bond acceptors (Lipinski definition) is 4. The number of halogens is 6. The molecule has 130 valence electrons. The molecule has 0 heterocycles. The molecule has 0 aromatic heterocycles. The van der Waals surface area contributed by atoms with Gasteiger partial charge in [-0.25, -0.2) is 0 Å². The van der Waals surface area contributed by atoms with Crippen LogP contribution >= 0.6 is 0 Å². The van der Waals surface area contributed by atoms with E-state index in [0.717, 1.165) is 0 Å². The molecule has 0 radical (unpaired) electrons. The minimum Gasteiger partial charge on any atom is -0.506 e. The highest BCUT2D eigenvalue weighted by molar-refractivity contribution is 5.91. The Morgan fingerprint density at radius 1 is 0.708 bits per heavy atom. The molecule has 2 aromatic carbocycles. The molecule has 0 amide bonds. The molecule has 0 aliphatic carbocycles. The van der Waals surface area contributed by atoms with Crippen LogP contribution in [0.5, 0.6) is 11.5 Å². The minimum atomic E-state index is -5.10. The van der Waals surface area contributed by atoms with Crippen molar-refractivity contribution in [1.82, 2.24) is 0 Å². The molecule has 10 heteroatoms. The van der Waals surface area contributed by atoms with Gasteiger partial charge in [-0.3, -0.25) is 0 Å². The Balaban J connectivity index is 3.02. The molecule has 6 N–H and O–H groups in total. The van der Waals surface area contributed by atoms with E-state index in [4.69, 9.17) is 11.5 Å². The zero-order chi connectivity index (χ0) is 18.4. The molecule has 0 bridgehead atoms. The Labute approximate surface area is 130 Å². The maximum Gasteiger partial charge on any atom is 0.417 e. The number of benzene rings is 2. The number of hydrogen-bond donors (Lipinski definition) is 4. The highest BCUT2D eigenvalue weighted by Crippen LogP contribution is 2.51. The molecule has 0 aliphatic heterocycles. The van der Waals surface area contributed by atoms with Crippen molar-refractivity contribution in [2.24, 2.45) is 0 Å². The average Bonchev–Trinajstić information content (AvgIpc) is 2.42. The van der Waals surface area contributed by atoms with Crippen LogP contribution in [0.4, 0.5) is 37.7 Å². The van der Waals surface area contributed by atoms with E-state index in [1.807, 2.05) is 0 Å². The number of anilines is 2. The van der Waals surface area contributed by atoms with E-state index in [0.29, 0.717) is 24.3 Å². The Morgan fingerprint density at radius 3 is 1.67 bits per heavy atom. The molecule has 0 atom stereocenters. The van der Waals surface area contributed by atoms with Gasteiger partial charge in [0.25, 0.3) is 0 Å². The van der Waals surface area contributed by atoms with Gasteiger partial charge in [0.15, 0.2) is 0 Å². The number of rotatable bonds is 1. The van der Waals surface area contributed by atoms with Crippen LogP contribution in [0.25, 0.3) is 11.1 Å². The Kier molecular flexibility index (Phi) is 3.95. The zero-order valence-corrected chi connectivity index (χ0v) is 11.6. The highest BCUT2D eigenvalue weighted by Gasteiger charge is 2.41. The van der Waals surface area contributed by atoms with Gasteiger partial charge in [-0.1, -0.05) is 0 Å². The van der Waals surface area contributed by atoms with Crippen LogP contribution in [0.3, 0.4) is 0 Å². The summed E-state index contributed by atoms with van der Waals surface area (Å²) in [4.78, 5) is 0. The number of alkyl halides is 6. The molecule has 0 unspecified atom stereocenters. The molecular weight excluding hydrogens is 342 g/mol. The molecule has 2 rings (SSSR count). The Morgan fingerprint density at radius 2 is 1.17 bits per heavy atom. The van der Waals surface area contributed by atoms with Crippen LogP contribution in [-0.4, -0.2) is 10.2 Å². The van der Waals surface area contributed by atoms with E-state index in [1.165, 1.54) is 0 Å². The smallest absolute Gasteiger partial charge is 0.417 e. The summed E-state index contributed by atoms with van der Waals surface area (Å²) in [5, 5.41) is 19.4. The normalized spacial score (nSPS) is 12.4. The number of phenols is 2. The second-order valence-corrected chi connectivity index (χ2v) is 4.84. The largest absolute Gasteiger partial charge is 0.506 e. The van der Waals surface area contributed by atoms with Crippen LogP contribution in [0, 0.1) is 0 Å². The zero-order valence-electron chi connectivity index (χ0n) is 11.6. The SMILES string of the molecule is Nc1ccc(C(F)(F)F)c(-c2c(C(F)(F)F)ccc(O)c2N)c1O. The first-order valence-corrected chi connectivity index (χ1v) is 6.23. The Bertz CT molecular complexity index is 732. The molecule has 4 nitrogen and oxygen atoms in total. The van der Waals surface area contributed by atoms with Crippen molar-refractivity contribution < 1.29 is 36.6 Å². The lowest BCUT2D eigenvalue weighted by atomic mass is 9.91. The molecule has 0 fully saturated rings. The molecule has 0 aliphatic rings. The van der Waals surface area contributed by atoms with Crippen LogP contribution in [0.1, 0.15) is 11.1 Å². The predicted molar refractivity (Wildman–Crippen MR) is 74.0 cm³/mol. The van der Waals surface area contributed by atoms with E-state index >= 15 is 0 Å². The van der Waals surface area contributed by atoms with Crippen molar-refractivity contribution >= 4 is 11.4 Å². The minimum absolute atomic E-state index is 0.365. The van der Waals surface area contributed by atoms with Crippen molar-refractivity contribution in [3.8, 4) is 22.6 Å². The van der Waals surface area contributed by atoms with E-state index in [9.17, 15) is 36.6 Å². The number of phenolic OH excluding ortho intramolecular Hbond substituents is 2. The van der Waals surface area contributed by atoms with Crippen molar-refractivity contribution in [3.63, 3.8) is 0 Å². The third-order valence-corrected chi connectivity index (χ3v) is 3.29. The van der Waals surface area contributed by atoms with Gasteiger partial charge in [0, 0.05) is 11.1 Å². The van der Waals surface area contributed by atoms with Gasteiger partial charge in [0.2, 0.25) is 0 Å². The van der Waals surface area contributed by atoms with Gasteiger partial charge < -0.3 is 21.7 Å². The number of nitrogen functional groups attached to an aromatic ring is 2. The third kappa shape index (κ3) is 2.86. The molecule has 24 heavy (non-hydrogen) atoms. The van der Waals surface area contributed by atoms with Crippen LogP contribution < -0.4 is 11.5 Å². The maximum atomic E-state index is 13.2. The first-order valence-electron chi connectivity index (χ1n) is 6.23. The molecule has 0 spiro atoms. The summed E-state index contributed by atoms with van der Waals surface area (Å²) in [5.41, 5.74) is 3.59. The van der Waals surface area contributed by atoms with E-state index in [-0.39, 0.29) is 0 Å². The number of nitrogens with two attached hydrogens (primary N) is 2. The quantitative estimate of drug-likeness (QED) is 0.355. The molecule has 0 saturated carbocycles. The molecular formula is C14H10F6N2O2. The average molecular weight is 352 g/mol. The topological polar surface area (TPSA) is 92.5 Å². The number of aromatic hydroxyl groups is 2. The fourth-order valence-electron chi connectivity index (χ4n) is 2.21. The summed E-state index contributed by atoms with van der Waals surface area (Å²) >= 11 is 0. The Hall–Kier alpha value is -2.78. The third-order valence-electron chi connectivity index (χ3n) is 3.29. The van der Waals surface area contributed by atoms with Crippen molar-refractivity contribution in [2.75, 3.05) is 11.5 Å². The summed E-state index contributed by atoms with van der Waals surface area (Å²) in [7, 11) is 0. The van der Waals surface area contributed by atoms with Gasteiger partial charge >= 0.3 is 12.4 Å². The fourth-order valence-corrected chi connectivity index (χ4v) is 2.21. The summed E-state index contributed by atoms with van der Waals surface area (Å²) < 4.78 is 79.0. The lowest BCUT2D eigenvalue weighted by Crippen LogP contribution is -2.13. The maximum absolute atomic E-state index is 13.2. The van der Waals surface area contributed by atoms with E-state index in [2.05, 4.69) is 0 Å². The standard InChI is InChI=1S/C14H10F6N2O2/c15-13(16,17)5-2-4-8(23)11(22)9(5)10-6(14(18,19)20)1-3-7(21)12(10)24/h1-4,23-24H,21-22H2. The fraction of sp³-hybridized carbons (Fsp3) is 0.143. The lowest BCUT2D eigenvalue weighted by Gasteiger charge is -2.21. The second kappa shape index (κ2) is 5.39.